The highest BCUT2D eigenvalue weighted by molar-refractivity contribution is 7.89. The van der Waals surface area contributed by atoms with Gasteiger partial charge in [0.1, 0.15) is 0 Å². The number of benzene rings is 1. The molecule has 0 saturated heterocycles. The van der Waals surface area contributed by atoms with Gasteiger partial charge in [-0.15, -0.1) is 0 Å². The zero-order valence-corrected chi connectivity index (χ0v) is 12.6. The smallest absolute Gasteiger partial charge is 0.241 e. The van der Waals surface area contributed by atoms with E-state index in [1.807, 2.05) is 6.07 Å². The lowest BCUT2D eigenvalue weighted by atomic mass is 10.2. The van der Waals surface area contributed by atoms with Gasteiger partial charge < -0.3 is 0 Å². The monoisotopic (exact) mass is 300 g/mol. The SMILES string of the molecule is Cc1ccc(C#N)cc1S(=O)(=O)NC(C)CS(C)=O. The molecule has 0 radical (unpaired) electrons. The van der Waals surface area contributed by atoms with Crippen LogP contribution in [0.3, 0.4) is 0 Å². The summed E-state index contributed by atoms with van der Waals surface area (Å²) in [5, 5.41) is 8.81. The third-order valence-electron chi connectivity index (χ3n) is 2.45. The highest BCUT2D eigenvalue weighted by Gasteiger charge is 2.20. The van der Waals surface area contributed by atoms with E-state index >= 15 is 0 Å². The highest BCUT2D eigenvalue weighted by atomic mass is 32.2. The first-order valence-electron chi connectivity index (χ1n) is 5.59. The molecule has 104 valence electrons. The van der Waals surface area contributed by atoms with Crippen LogP contribution in [0.5, 0.6) is 0 Å². The summed E-state index contributed by atoms with van der Waals surface area (Å²) in [6.45, 7) is 3.32. The number of rotatable bonds is 5. The number of nitrogens with zero attached hydrogens (tertiary/aromatic N) is 1. The van der Waals surface area contributed by atoms with Gasteiger partial charge in [-0.3, -0.25) is 4.21 Å². The summed E-state index contributed by atoms with van der Waals surface area (Å²) in [4.78, 5) is 0.0836. The molecule has 0 aromatic heterocycles. The Morgan fingerprint density at radius 2 is 2.11 bits per heavy atom. The molecule has 1 N–H and O–H groups in total. The van der Waals surface area contributed by atoms with E-state index in [0.29, 0.717) is 5.56 Å². The molecule has 7 heteroatoms. The molecule has 0 heterocycles. The van der Waals surface area contributed by atoms with Crippen LogP contribution in [0.15, 0.2) is 23.1 Å². The summed E-state index contributed by atoms with van der Waals surface area (Å²) in [6, 6.07) is 5.98. The molecule has 0 aliphatic heterocycles. The number of nitriles is 1. The van der Waals surface area contributed by atoms with Gasteiger partial charge in [-0.25, -0.2) is 13.1 Å². The average molecular weight is 300 g/mol. The number of aryl methyl sites for hydroxylation is 1. The standard InChI is InChI=1S/C12H16N2O3S2/c1-9-4-5-11(7-13)6-12(9)19(16,17)14-10(2)8-18(3)15/h4-6,10,14H,8H2,1-3H3. The van der Waals surface area contributed by atoms with Crippen LogP contribution in [-0.4, -0.2) is 30.7 Å². The first kappa shape index (κ1) is 15.8. The maximum atomic E-state index is 12.2. The summed E-state index contributed by atoms with van der Waals surface area (Å²) >= 11 is 0. The number of hydrogen-bond acceptors (Lipinski definition) is 4. The molecular formula is C12H16N2O3S2. The maximum absolute atomic E-state index is 12.2. The van der Waals surface area contributed by atoms with E-state index in [-0.39, 0.29) is 16.2 Å². The molecule has 2 atom stereocenters. The largest absolute Gasteiger partial charge is 0.260 e. The minimum absolute atomic E-state index is 0.0836. The van der Waals surface area contributed by atoms with Crippen molar-refractivity contribution in [2.75, 3.05) is 12.0 Å². The molecule has 0 saturated carbocycles. The van der Waals surface area contributed by atoms with Gasteiger partial charge in [0.2, 0.25) is 10.0 Å². The summed E-state index contributed by atoms with van der Waals surface area (Å²) in [7, 11) is -4.78. The molecule has 0 fully saturated rings. The zero-order valence-electron chi connectivity index (χ0n) is 11.0. The average Bonchev–Trinajstić information content (AvgIpc) is 2.27. The topological polar surface area (TPSA) is 87.0 Å². The highest BCUT2D eigenvalue weighted by Crippen LogP contribution is 2.17. The van der Waals surface area contributed by atoms with Crippen molar-refractivity contribution in [3.05, 3.63) is 29.3 Å². The Labute approximate surface area is 116 Å². The Hall–Kier alpha value is -1.23. The van der Waals surface area contributed by atoms with Crippen LogP contribution >= 0.6 is 0 Å². The van der Waals surface area contributed by atoms with Crippen molar-refractivity contribution < 1.29 is 12.6 Å². The molecule has 1 aromatic rings. The van der Waals surface area contributed by atoms with Gasteiger partial charge >= 0.3 is 0 Å². The van der Waals surface area contributed by atoms with Gasteiger partial charge in [0.05, 0.1) is 16.5 Å². The van der Waals surface area contributed by atoms with Gasteiger partial charge in [-0.05, 0) is 31.5 Å². The molecule has 0 spiro atoms. The van der Waals surface area contributed by atoms with Crippen molar-refractivity contribution in [3.63, 3.8) is 0 Å². The van der Waals surface area contributed by atoms with E-state index < -0.39 is 26.9 Å². The summed E-state index contributed by atoms with van der Waals surface area (Å²) < 4.78 is 37.9. The fourth-order valence-corrected chi connectivity index (χ4v) is 4.08. The van der Waals surface area contributed by atoms with Crippen LogP contribution in [0.4, 0.5) is 0 Å². The Balaban J connectivity index is 3.07. The van der Waals surface area contributed by atoms with Gasteiger partial charge in [0.15, 0.2) is 0 Å². The van der Waals surface area contributed by atoms with E-state index in [4.69, 9.17) is 5.26 Å². The summed E-state index contributed by atoms with van der Waals surface area (Å²) in [5.41, 5.74) is 0.856. The van der Waals surface area contributed by atoms with Gasteiger partial charge in [-0.2, -0.15) is 5.26 Å². The normalized spacial score (nSPS) is 14.6. The van der Waals surface area contributed by atoms with Gasteiger partial charge in [0.25, 0.3) is 0 Å². The molecule has 0 aliphatic carbocycles. The second-order valence-corrected chi connectivity index (χ2v) is 7.52. The second kappa shape index (κ2) is 6.28. The van der Waals surface area contributed by atoms with Crippen LogP contribution in [-0.2, 0) is 20.8 Å². The fraction of sp³-hybridized carbons (Fsp3) is 0.417. The van der Waals surface area contributed by atoms with Crippen LogP contribution in [0.25, 0.3) is 0 Å². The fourth-order valence-electron chi connectivity index (χ4n) is 1.67. The molecule has 0 aliphatic rings. The van der Waals surface area contributed by atoms with Crippen LogP contribution in [0, 0.1) is 18.3 Å². The minimum Gasteiger partial charge on any atom is -0.260 e. The predicted octanol–water partition coefficient (Wildman–Crippen LogP) is 0.912. The zero-order chi connectivity index (χ0) is 14.6. The Morgan fingerprint density at radius 1 is 1.47 bits per heavy atom. The number of nitrogens with one attached hydrogen (secondary N) is 1. The Kier molecular flexibility index (Phi) is 5.23. The van der Waals surface area contributed by atoms with Crippen LogP contribution in [0.1, 0.15) is 18.1 Å². The van der Waals surface area contributed by atoms with Crippen LogP contribution < -0.4 is 4.72 Å². The summed E-state index contributed by atoms with van der Waals surface area (Å²) in [5.74, 6) is 0.246. The minimum atomic E-state index is -3.70. The van der Waals surface area contributed by atoms with E-state index in [1.165, 1.54) is 12.3 Å². The molecule has 0 bridgehead atoms. The molecule has 5 nitrogen and oxygen atoms in total. The molecule has 0 amide bonds. The van der Waals surface area contributed by atoms with Gasteiger partial charge in [0, 0.05) is 28.9 Å². The second-order valence-electron chi connectivity index (χ2n) is 4.35. The molecular weight excluding hydrogens is 284 g/mol. The van der Waals surface area contributed by atoms with Crippen molar-refractivity contribution in [2.24, 2.45) is 0 Å². The predicted molar refractivity (Wildman–Crippen MR) is 74.6 cm³/mol. The first-order chi connectivity index (χ1) is 8.76. The lowest BCUT2D eigenvalue weighted by Gasteiger charge is -2.14. The Bertz CT molecular complexity index is 633. The first-order valence-corrected chi connectivity index (χ1v) is 8.80. The number of hydrogen-bond donors (Lipinski definition) is 1. The van der Waals surface area contributed by atoms with E-state index in [9.17, 15) is 12.6 Å². The molecule has 1 aromatic carbocycles. The quantitative estimate of drug-likeness (QED) is 0.875. The van der Waals surface area contributed by atoms with E-state index in [1.54, 1.807) is 26.0 Å². The third-order valence-corrected chi connectivity index (χ3v) is 5.15. The lowest BCUT2D eigenvalue weighted by Crippen LogP contribution is -2.36. The van der Waals surface area contributed by atoms with Crippen molar-refractivity contribution >= 4 is 20.8 Å². The van der Waals surface area contributed by atoms with E-state index in [2.05, 4.69) is 4.72 Å². The summed E-state index contributed by atoms with van der Waals surface area (Å²) in [6.07, 6.45) is 1.52. The molecule has 2 unspecified atom stereocenters. The number of sulfonamides is 1. The van der Waals surface area contributed by atoms with Crippen molar-refractivity contribution in [3.8, 4) is 6.07 Å². The molecule has 1 rings (SSSR count). The third kappa shape index (κ3) is 4.42. The lowest BCUT2D eigenvalue weighted by molar-refractivity contribution is 0.569. The van der Waals surface area contributed by atoms with E-state index in [0.717, 1.165) is 0 Å². The van der Waals surface area contributed by atoms with Crippen molar-refractivity contribution in [1.82, 2.24) is 4.72 Å². The van der Waals surface area contributed by atoms with Gasteiger partial charge in [-0.1, -0.05) is 6.07 Å². The maximum Gasteiger partial charge on any atom is 0.241 e. The van der Waals surface area contributed by atoms with Crippen LogP contribution in [0.2, 0.25) is 0 Å². The van der Waals surface area contributed by atoms with Crippen molar-refractivity contribution in [1.29, 1.82) is 5.26 Å². The molecule has 19 heavy (non-hydrogen) atoms. The van der Waals surface area contributed by atoms with Crippen molar-refractivity contribution in [2.45, 2.75) is 24.8 Å². The Morgan fingerprint density at radius 3 is 2.63 bits per heavy atom.